The number of aliphatic hydroxyl groups is 2. The van der Waals surface area contributed by atoms with Gasteiger partial charge in [-0.3, -0.25) is 0 Å². The highest BCUT2D eigenvalue weighted by atomic mass is 16.3. The standard InChI is InChI=1S/C16H22O2/c1-4-14-11-13(8-9-17)10-12(3)16(14)7-6-15(18)5-2/h4-6,10-12,16-18H,1-2,7-9H2,3H3/b15-6+. The molecule has 2 unspecified atom stereocenters. The van der Waals surface area contributed by atoms with Crippen LogP contribution in [0.25, 0.3) is 0 Å². The zero-order valence-corrected chi connectivity index (χ0v) is 11.0. The van der Waals surface area contributed by atoms with Crippen LogP contribution in [0.4, 0.5) is 0 Å². The van der Waals surface area contributed by atoms with Gasteiger partial charge in [0.25, 0.3) is 0 Å². The molecule has 0 aromatic rings. The van der Waals surface area contributed by atoms with Crippen LogP contribution < -0.4 is 0 Å². The Balaban J connectivity index is 2.85. The molecule has 2 N–H and O–H groups in total. The number of allylic oxidation sites excluding steroid dienone is 6. The van der Waals surface area contributed by atoms with Crippen LogP contribution in [0.5, 0.6) is 0 Å². The van der Waals surface area contributed by atoms with Crippen molar-refractivity contribution < 1.29 is 10.2 Å². The molecule has 0 heterocycles. The molecule has 98 valence electrons. The highest BCUT2D eigenvalue weighted by molar-refractivity contribution is 5.37. The van der Waals surface area contributed by atoms with Gasteiger partial charge in [-0.1, -0.05) is 38.3 Å². The summed E-state index contributed by atoms with van der Waals surface area (Å²) in [7, 11) is 0. The van der Waals surface area contributed by atoms with Crippen LogP contribution in [-0.4, -0.2) is 16.8 Å². The molecule has 1 rings (SSSR count). The molecule has 0 spiro atoms. The Morgan fingerprint density at radius 2 is 2.17 bits per heavy atom. The second kappa shape index (κ2) is 7.02. The van der Waals surface area contributed by atoms with Crippen molar-refractivity contribution in [3.05, 3.63) is 60.4 Å². The molecule has 0 aromatic carbocycles. The van der Waals surface area contributed by atoms with Crippen molar-refractivity contribution in [3.63, 3.8) is 0 Å². The van der Waals surface area contributed by atoms with Gasteiger partial charge in [0, 0.05) is 6.61 Å². The van der Waals surface area contributed by atoms with Gasteiger partial charge in [0.05, 0.1) is 0 Å². The highest BCUT2D eigenvalue weighted by Gasteiger charge is 2.21. The molecule has 1 aliphatic carbocycles. The summed E-state index contributed by atoms with van der Waals surface area (Å²) in [5, 5.41) is 18.4. The van der Waals surface area contributed by atoms with Gasteiger partial charge in [-0.2, -0.15) is 0 Å². The minimum atomic E-state index is 0.168. The van der Waals surface area contributed by atoms with Crippen molar-refractivity contribution in [2.45, 2.75) is 19.8 Å². The molecule has 0 aromatic heterocycles. The second-order valence-electron chi connectivity index (χ2n) is 4.60. The predicted molar refractivity (Wildman–Crippen MR) is 76.2 cm³/mol. The number of rotatable bonds is 6. The molecule has 2 atom stereocenters. The Bertz CT molecular complexity index is 399. The molecular weight excluding hydrogens is 224 g/mol. The third kappa shape index (κ3) is 3.74. The van der Waals surface area contributed by atoms with Crippen molar-refractivity contribution in [2.24, 2.45) is 11.8 Å². The first-order chi connectivity index (χ1) is 8.62. The fraction of sp³-hybridized carbons (Fsp3) is 0.375. The fourth-order valence-electron chi connectivity index (χ4n) is 2.30. The van der Waals surface area contributed by atoms with E-state index in [2.05, 4.69) is 32.2 Å². The van der Waals surface area contributed by atoms with E-state index in [1.54, 1.807) is 6.08 Å². The number of hydrogen-bond acceptors (Lipinski definition) is 2. The molecule has 0 saturated heterocycles. The Morgan fingerprint density at radius 3 is 2.72 bits per heavy atom. The van der Waals surface area contributed by atoms with Gasteiger partial charge in [0.15, 0.2) is 0 Å². The number of hydrogen-bond donors (Lipinski definition) is 2. The molecule has 0 bridgehead atoms. The molecule has 0 fully saturated rings. The molecule has 2 nitrogen and oxygen atoms in total. The van der Waals surface area contributed by atoms with Gasteiger partial charge < -0.3 is 10.2 Å². The average Bonchev–Trinajstić information content (AvgIpc) is 2.36. The maximum Gasteiger partial charge on any atom is 0.111 e. The van der Waals surface area contributed by atoms with Crippen molar-refractivity contribution in [1.82, 2.24) is 0 Å². The lowest BCUT2D eigenvalue weighted by molar-refractivity contribution is 0.299. The summed E-state index contributed by atoms with van der Waals surface area (Å²) in [5.41, 5.74) is 2.33. The molecule has 18 heavy (non-hydrogen) atoms. The molecule has 1 aliphatic rings. The van der Waals surface area contributed by atoms with Crippen LogP contribution in [-0.2, 0) is 0 Å². The van der Waals surface area contributed by atoms with E-state index in [0.29, 0.717) is 18.3 Å². The smallest absolute Gasteiger partial charge is 0.111 e. The van der Waals surface area contributed by atoms with Gasteiger partial charge in [-0.25, -0.2) is 0 Å². The molecule has 0 radical (unpaired) electrons. The minimum Gasteiger partial charge on any atom is -0.508 e. The van der Waals surface area contributed by atoms with E-state index >= 15 is 0 Å². The Labute approximate surface area is 109 Å². The van der Waals surface area contributed by atoms with Crippen molar-refractivity contribution in [2.75, 3.05) is 6.61 Å². The SMILES string of the molecule is C=CC1=CC(CCO)=CC(C)C1C/C=C(/O)C=C. The van der Waals surface area contributed by atoms with E-state index in [1.165, 1.54) is 11.6 Å². The molecular formula is C16H22O2. The van der Waals surface area contributed by atoms with E-state index in [-0.39, 0.29) is 12.4 Å². The van der Waals surface area contributed by atoms with Crippen LogP contribution in [0.2, 0.25) is 0 Å². The van der Waals surface area contributed by atoms with Crippen molar-refractivity contribution in [3.8, 4) is 0 Å². The quantitative estimate of drug-likeness (QED) is 0.554. The lowest BCUT2D eigenvalue weighted by atomic mass is 9.78. The zero-order chi connectivity index (χ0) is 13.5. The van der Waals surface area contributed by atoms with Gasteiger partial charge in [0.2, 0.25) is 0 Å². The van der Waals surface area contributed by atoms with Gasteiger partial charge in [-0.15, -0.1) is 0 Å². The average molecular weight is 246 g/mol. The van der Waals surface area contributed by atoms with Crippen LogP contribution in [0, 0.1) is 11.8 Å². The first kappa shape index (κ1) is 14.5. The predicted octanol–water partition coefficient (Wildman–Crippen LogP) is 3.69. The number of aliphatic hydroxyl groups excluding tert-OH is 2. The van der Waals surface area contributed by atoms with Gasteiger partial charge in [0.1, 0.15) is 5.76 Å². The van der Waals surface area contributed by atoms with Crippen molar-refractivity contribution in [1.29, 1.82) is 0 Å². The largest absolute Gasteiger partial charge is 0.508 e. The Kier molecular flexibility index (Phi) is 5.66. The van der Waals surface area contributed by atoms with Crippen molar-refractivity contribution >= 4 is 0 Å². The lowest BCUT2D eigenvalue weighted by Crippen LogP contribution is -2.15. The van der Waals surface area contributed by atoms with E-state index in [0.717, 1.165) is 12.0 Å². The first-order valence-corrected chi connectivity index (χ1v) is 6.29. The van der Waals surface area contributed by atoms with Crippen LogP contribution in [0.3, 0.4) is 0 Å². The summed E-state index contributed by atoms with van der Waals surface area (Å²) in [6.45, 7) is 9.69. The topological polar surface area (TPSA) is 40.5 Å². The minimum absolute atomic E-state index is 0.168. The molecule has 0 saturated carbocycles. The molecule has 0 aliphatic heterocycles. The van der Waals surface area contributed by atoms with E-state index in [9.17, 15) is 5.11 Å². The third-order valence-corrected chi connectivity index (χ3v) is 3.32. The van der Waals surface area contributed by atoms with Gasteiger partial charge in [-0.05, 0) is 48.0 Å². The van der Waals surface area contributed by atoms with Gasteiger partial charge >= 0.3 is 0 Å². The normalized spacial score (nSPS) is 24.2. The van der Waals surface area contributed by atoms with E-state index in [4.69, 9.17) is 5.11 Å². The molecule has 2 heteroatoms. The summed E-state index contributed by atoms with van der Waals surface area (Å²) in [5.74, 6) is 0.918. The monoisotopic (exact) mass is 246 g/mol. The maximum atomic E-state index is 9.42. The third-order valence-electron chi connectivity index (χ3n) is 3.32. The second-order valence-corrected chi connectivity index (χ2v) is 4.60. The van der Waals surface area contributed by atoms with Crippen LogP contribution in [0.1, 0.15) is 19.8 Å². The lowest BCUT2D eigenvalue weighted by Gasteiger charge is -2.27. The summed E-state index contributed by atoms with van der Waals surface area (Å²) in [4.78, 5) is 0. The molecule has 0 amide bonds. The summed E-state index contributed by atoms with van der Waals surface area (Å²) in [6.07, 6.45) is 10.8. The Hall–Kier alpha value is -1.54. The zero-order valence-electron chi connectivity index (χ0n) is 11.0. The van der Waals surface area contributed by atoms with E-state index in [1.807, 2.05) is 6.08 Å². The Morgan fingerprint density at radius 1 is 1.44 bits per heavy atom. The first-order valence-electron chi connectivity index (χ1n) is 6.29. The summed E-state index contributed by atoms with van der Waals surface area (Å²) >= 11 is 0. The fourth-order valence-corrected chi connectivity index (χ4v) is 2.30. The summed E-state index contributed by atoms with van der Waals surface area (Å²) in [6, 6.07) is 0. The highest BCUT2D eigenvalue weighted by Crippen LogP contribution is 2.33. The van der Waals surface area contributed by atoms with Crippen LogP contribution >= 0.6 is 0 Å². The summed E-state index contributed by atoms with van der Waals surface area (Å²) < 4.78 is 0. The maximum absolute atomic E-state index is 9.42. The van der Waals surface area contributed by atoms with Crippen LogP contribution in [0.15, 0.2) is 60.4 Å². The van der Waals surface area contributed by atoms with E-state index < -0.39 is 0 Å².